The molecule has 0 saturated heterocycles. The van der Waals surface area contributed by atoms with Crippen molar-refractivity contribution in [1.82, 2.24) is 15.5 Å². The molecule has 1 aliphatic heterocycles. The van der Waals surface area contributed by atoms with Crippen LogP contribution in [0.3, 0.4) is 0 Å². The number of aromatic nitrogens is 2. The Hall–Kier alpha value is -2.07. The second kappa shape index (κ2) is 4.66. The average Bonchev–Trinajstić information content (AvgIpc) is 2.90. The normalized spacial score (nSPS) is 15.4. The van der Waals surface area contributed by atoms with Crippen LogP contribution in [-0.4, -0.2) is 28.4 Å². The zero-order valence-corrected chi connectivity index (χ0v) is 9.98. The van der Waals surface area contributed by atoms with Crippen LogP contribution in [0.2, 0.25) is 0 Å². The van der Waals surface area contributed by atoms with Crippen LogP contribution in [0.1, 0.15) is 12.1 Å². The van der Waals surface area contributed by atoms with E-state index in [1.54, 1.807) is 12.1 Å². The van der Waals surface area contributed by atoms with Gasteiger partial charge in [0.2, 0.25) is 0 Å². The lowest BCUT2D eigenvalue weighted by Gasteiger charge is -2.11. The largest absolute Gasteiger partial charge is 0.508 e. The third-order valence-electron chi connectivity index (χ3n) is 3.11. The van der Waals surface area contributed by atoms with Crippen molar-refractivity contribution in [2.24, 2.45) is 0 Å². The zero-order chi connectivity index (χ0) is 12.4. The lowest BCUT2D eigenvalue weighted by atomic mass is 10.1. The van der Waals surface area contributed by atoms with Gasteiger partial charge in [0.05, 0.1) is 11.4 Å². The molecule has 0 fully saturated rings. The molecule has 18 heavy (non-hydrogen) atoms. The fraction of sp³-hybridized carbons (Fsp3) is 0.214. The van der Waals surface area contributed by atoms with E-state index < -0.39 is 0 Å². The molecule has 1 aliphatic rings. The monoisotopic (exact) mass is 241 g/mol. The summed E-state index contributed by atoms with van der Waals surface area (Å²) in [5.74, 6) is 0.272. The Morgan fingerprint density at radius 2 is 2.00 bits per heavy atom. The van der Waals surface area contributed by atoms with Gasteiger partial charge in [0.1, 0.15) is 5.75 Å². The lowest BCUT2D eigenvalue weighted by molar-refractivity contribution is 0.475. The predicted octanol–water partition coefficient (Wildman–Crippen LogP) is 2.16. The van der Waals surface area contributed by atoms with Crippen LogP contribution in [0.15, 0.2) is 36.4 Å². The first-order valence-corrected chi connectivity index (χ1v) is 6.08. The molecular weight excluding hydrogens is 226 g/mol. The first-order chi connectivity index (χ1) is 8.83. The van der Waals surface area contributed by atoms with Gasteiger partial charge >= 0.3 is 0 Å². The van der Waals surface area contributed by atoms with Crippen LogP contribution in [0.5, 0.6) is 5.75 Å². The number of aromatic hydroxyl groups is 1. The van der Waals surface area contributed by atoms with Gasteiger partial charge in [-0.2, -0.15) is 5.10 Å². The topological polar surface area (TPSA) is 60.9 Å². The molecule has 1 aromatic heterocycles. The maximum absolute atomic E-state index is 9.27. The van der Waals surface area contributed by atoms with E-state index in [0.29, 0.717) is 0 Å². The number of nitrogens with one attached hydrogen (secondary N) is 2. The Morgan fingerprint density at radius 1 is 1.17 bits per heavy atom. The van der Waals surface area contributed by atoms with Gasteiger partial charge in [-0.15, -0.1) is 0 Å². The van der Waals surface area contributed by atoms with E-state index in [0.717, 1.165) is 36.5 Å². The van der Waals surface area contributed by atoms with Crippen molar-refractivity contribution < 1.29 is 5.11 Å². The second-order valence-electron chi connectivity index (χ2n) is 4.41. The maximum Gasteiger partial charge on any atom is 0.115 e. The summed E-state index contributed by atoms with van der Waals surface area (Å²) in [4.78, 5) is 0. The van der Waals surface area contributed by atoms with E-state index in [2.05, 4.69) is 21.6 Å². The summed E-state index contributed by atoms with van der Waals surface area (Å²) in [6.07, 6.45) is 3.30. The molecular formula is C14H15N3O. The standard InChI is InChI=1S/C14H15N3O/c18-12-5-3-10(4-6-12)13-8-14(17-16-13)11-2-1-7-15-9-11/h2-6,8,15,18H,1,7,9H2,(H,16,17). The second-order valence-corrected chi connectivity index (χ2v) is 4.41. The molecule has 92 valence electrons. The summed E-state index contributed by atoms with van der Waals surface area (Å²) in [6.45, 7) is 1.93. The number of H-pyrrole nitrogens is 1. The van der Waals surface area contributed by atoms with Gasteiger partial charge in [-0.25, -0.2) is 0 Å². The first-order valence-electron chi connectivity index (χ1n) is 6.08. The van der Waals surface area contributed by atoms with E-state index in [1.165, 1.54) is 5.57 Å². The Kier molecular flexibility index (Phi) is 2.86. The number of benzene rings is 1. The molecule has 0 atom stereocenters. The first kappa shape index (κ1) is 11.0. The summed E-state index contributed by atoms with van der Waals surface area (Å²) in [5.41, 5.74) is 4.22. The Balaban J connectivity index is 1.89. The summed E-state index contributed by atoms with van der Waals surface area (Å²) >= 11 is 0. The Bertz CT molecular complexity index is 569. The molecule has 2 aromatic rings. The van der Waals surface area contributed by atoms with E-state index in [-0.39, 0.29) is 5.75 Å². The van der Waals surface area contributed by atoms with E-state index in [1.807, 2.05) is 18.2 Å². The molecule has 1 aromatic carbocycles. The highest BCUT2D eigenvalue weighted by Gasteiger charge is 2.09. The molecule has 2 heterocycles. The molecule has 0 amide bonds. The predicted molar refractivity (Wildman–Crippen MR) is 71.2 cm³/mol. The van der Waals surface area contributed by atoms with Crippen LogP contribution in [0.4, 0.5) is 0 Å². The smallest absolute Gasteiger partial charge is 0.115 e. The van der Waals surface area contributed by atoms with Gasteiger partial charge < -0.3 is 10.4 Å². The number of nitrogens with zero attached hydrogens (tertiary/aromatic N) is 1. The Morgan fingerprint density at radius 3 is 2.72 bits per heavy atom. The number of hydrogen-bond acceptors (Lipinski definition) is 3. The molecule has 4 heteroatoms. The van der Waals surface area contributed by atoms with Gasteiger partial charge in [-0.3, -0.25) is 5.10 Å². The third kappa shape index (κ3) is 2.15. The molecule has 0 unspecified atom stereocenters. The van der Waals surface area contributed by atoms with E-state index >= 15 is 0 Å². The Labute approximate surface area is 105 Å². The summed E-state index contributed by atoms with van der Waals surface area (Å²) in [7, 11) is 0. The highest BCUT2D eigenvalue weighted by atomic mass is 16.3. The molecule has 4 nitrogen and oxygen atoms in total. The minimum Gasteiger partial charge on any atom is -0.508 e. The van der Waals surface area contributed by atoms with Crippen molar-refractivity contribution in [1.29, 1.82) is 0 Å². The molecule has 0 spiro atoms. The molecule has 0 radical (unpaired) electrons. The minimum absolute atomic E-state index is 0.272. The van der Waals surface area contributed by atoms with Gasteiger partial charge in [-0.1, -0.05) is 6.08 Å². The van der Waals surface area contributed by atoms with Crippen LogP contribution in [0.25, 0.3) is 16.8 Å². The van der Waals surface area contributed by atoms with Crippen molar-refractivity contribution >= 4 is 5.57 Å². The fourth-order valence-corrected chi connectivity index (χ4v) is 2.12. The van der Waals surface area contributed by atoms with Crippen molar-refractivity contribution in [3.8, 4) is 17.0 Å². The highest BCUT2D eigenvalue weighted by Crippen LogP contribution is 2.23. The van der Waals surface area contributed by atoms with E-state index in [4.69, 9.17) is 0 Å². The SMILES string of the molecule is Oc1ccc(-c2cc(C3=CCCNC3)[nH]n2)cc1. The molecule has 3 N–H and O–H groups in total. The van der Waals surface area contributed by atoms with Crippen molar-refractivity contribution in [2.75, 3.05) is 13.1 Å². The number of aromatic amines is 1. The van der Waals surface area contributed by atoms with Crippen molar-refractivity contribution in [3.63, 3.8) is 0 Å². The number of hydrogen-bond donors (Lipinski definition) is 3. The molecule has 0 bridgehead atoms. The summed E-state index contributed by atoms with van der Waals surface area (Å²) in [6, 6.07) is 9.12. The highest BCUT2D eigenvalue weighted by molar-refractivity contribution is 5.70. The number of phenols is 1. The molecule has 0 saturated carbocycles. The maximum atomic E-state index is 9.27. The average molecular weight is 241 g/mol. The quantitative estimate of drug-likeness (QED) is 0.755. The van der Waals surface area contributed by atoms with Gasteiger partial charge in [-0.05, 0) is 48.9 Å². The fourth-order valence-electron chi connectivity index (χ4n) is 2.12. The lowest BCUT2D eigenvalue weighted by Crippen LogP contribution is -2.21. The van der Waals surface area contributed by atoms with Crippen LogP contribution >= 0.6 is 0 Å². The van der Waals surface area contributed by atoms with Crippen LogP contribution in [0, 0.1) is 0 Å². The summed E-state index contributed by atoms with van der Waals surface area (Å²) < 4.78 is 0. The van der Waals surface area contributed by atoms with Crippen LogP contribution in [-0.2, 0) is 0 Å². The number of rotatable bonds is 2. The van der Waals surface area contributed by atoms with Crippen molar-refractivity contribution in [3.05, 3.63) is 42.1 Å². The van der Waals surface area contributed by atoms with Gasteiger partial charge in [0.25, 0.3) is 0 Å². The molecule has 0 aliphatic carbocycles. The van der Waals surface area contributed by atoms with Gasteiger partial charge in [0, 0.05) is 12.1 Å². The molecule has 3 rings (SSSR count). The summed E-state index contributed by atoms with van der Waals surface area (Å²) in [5, 5.41) is 20.0. The number of phenolic OH excluding ortho intramolecular Hbond substituents is 1. The zero-order valence-electron chi connectivity index (χ0n) is 9.98. The van der Waals surface area contributed by atoms with Gasteiger partial charge in [0.15, 0.2) is 0 Å². The van der Waals surface area contributed by atoms with E-state index in [9.17, 15) is 5.11 Å². The van der Waals surface area contributed by atoms with Crippen molar-refractivity contribution in [2.45, 2.75) is 6.42 Å². The van der Waals surface area contributed by atoms with Crippen LogP contribution < -0.4 is 5.32 Å². The third-order valence-corrected chi connectivity index (χ3v) is 3.11. The minimum atomic E-state index is 0.272.